The van der Waals surface area contributed by atoms with Crippen LogP contribution in [0.1, 0.15) is 11.1 Å². The van der Waals surface area contributed by atoms with Crippen LogP contribution in [0.15, 0.2) is 78.9 Å². The zero-order chi connectivity index (χ0) is 18.2. The first kappa shape index (κ1) is 17.8. The molecule has 0 aromatic heterocycles. The highest BCUT2D eigenvalue weighted by molar-refractivity contribution is 7.99. The van der Waals surface area contributed by atoms with Crippen molar-refractivity contribution in [2.75, 3.05) is 11.1 Å². The molecule has 0 unspecified atom stereocenters. The van der Waals surface area contributed by atoms with Gasteiger partial charge in [-0.05, 0) is 29.3 Å². The number of carbonyl (C=O) groups excluding carboxylic acids is 1. The minimum atomic E-state index is -0.0326. The SMILES string of the molecule is N#Cc1cccc(CSCC(=O)Nc2ccccc2-c2ccccc2)c1. The maximum Gasteiger partial charge on any atom is 0.234 e. The molecular formula is C22H18N2OS. The van der Waals surface area contributed by atoms with Crippen LogP contribution in [0.2, 0.25) is 0 Å². The van der Waals surface area contributed by atoms with Gasteiger partial charge in [-0.1, -0.05) is 60.7 Å². The van der Waals surface area contributed by atoms with Crippen molar-refractivity contribution in [1.82, 2.24) is 0 Å². The Morgan fingerprint density at radius 3 is 2.54 bits per heavy atom. The first-order valence-corrected chi connectivity index (χ1v) is 9.43. The number of anilines is 1. The minimum absolute atomic E-state index is 0.0326. The molecule has 0 spiro atoms. The lowest BCUT2D eigenvalue weighted by molar-refractivity contribution is -0.113. The number of amides is 1. The number of nitrogens with zero attached hydrogens (tertiary/aromatic N) is 1. The van der Waals surface area contributed by atoms with Crippen LogP contribution in [0.4, 0.5) is 5.69 Å². The molecule has 0 saturated heterocycles. The zero-order valence-corrected chi connectivity index (χ0v) is 15.0. The van der Waals surface area contributed by atoms with Crippen LogP contribution in [-0.4, -0.2) is 11.7 Å². The molecule has 1 amide bonds. The van der Waals surface area contributed by atoms with Gasteiger partial charge in [-0.25, -0.2) is 0 Å². The third kappa shape index (κ3) is 4.75. The Hall–Kier alpha value is -3.03. The number of hydrogen-bond acceptors (Lipinski definition) is 3. The lowest BCUT2D eigenvalue weighted by Crippen LogP contribution is -2.14. The van der Waals surface area contributed by atoms with E-state index in [4.69, 9.17) is 5.26 Å². The van der Waals surface area contributed by atoms with Crippen molar-refractivity contribution >= 4 is 23.4 Å². The van der Waals surface area contributed by atoms with Gasteiger partial charge in [0.2, 0.25) is 5.91 Å². The van der Waals surface area contributed by atoms with Gasteiger partial charge in [0.15, 0.2) is 0 Å². The molecule has 0 saturated carbocycles. The standard InChI is InChI=1S/C22H18N2OS/c23-14-17-7-6-8-18(13-17)15-26-16-22(25)24-21-12-5-4-11-20(21)19-9-2-1-3-10-19/h1-13H,15-16H2,(H,24,25). The summed E-state index contributed by atoms with van der Waals surface area (Å²) in [4.78, 5) is 12.3. The van der Waals surface area contributed by atoms with Crippen LogP contribution >= 0.6 is 11.8 Å². The Bertz CT molecular complexity index is 932. The number of nitrogens with one attached hydrogen (secondary N) is 1. The maximum absolute atomic E-state index is 12.3. The Balaban J connectivity index is 1.60. The predicted octanol–water partition coefficient (Wildman–Crippen LogP) is 5.10. The van der Waals surface area contributed by atoms with Gasteiger partial charge in [0.1, 0.15) is 0 Å². The lowest BCUT2D eigenvalue weighted by atomic mass is 10.0. The maximum atomic E-state index is 12.3. The van der Waals surface area contributed by atoms with Crippen LogP contribution in [0.25, 0.3) is 11.1 Å². The van der Waals surface area contributed by atoms with Crippen molar-refractivity contribution in [3.63, 3.8) is 0 Å². The zero-order valence-electron chi connectivity index (χ0n) is 14.2. The molecule has 3 aromatic rings. The number of benzene rings is 3. The molecule has 3 rings (SSSR count). The van der Waals surface area contributed by atoms with Crippen molar-refractivity contribution in [1.29, 1.82) is 5.26 Å². The summed E-state index contributed by atoms with van der Waals surface area (Å²) >= 11 is 1.53. The van der Waals surface area contributed by atoms with E-state index in [2.05, 4.69) is 11.4 Å². The largest absolute Gasteiger partial charge is 0.325 e. The average molecular weight is 358 g/mol. The molecule has 0 fully saturated rings. The van der Waals surface area contributed by atoms with Crippen molar-refractivity contribution < 1.29 is 4.79 Å². The summed E-state index contributed by atoms with van der Waals surface area (Å²) < 4.78 is 0. The first-order chi connectivity index (χ1) is 12.8. The van der Waals surface area contributed by atoms with E-state index >= 15 is 0 Å². The highest BCUT2D eigenvalue weighted by Crippen LogP contribution is 2.27. The molecule has 26 heavy (non-hydrogen) atoms. The summed E-state index contributed by atoms with van der Waals surface area (Å²) in [6.07, 6.45) is 0. The smallest absolute Gasteiger partial charge is 0.234 e. The fourth-order valence-corrected chi connectivity index (χ4v) is 3.41. The molecule has 4 heteroatoms. The lowest BCUT2D eigenvalue weighted by Gasteiger charge is -2.11. The average Bonchev–Trinajstić information content (AvgIpc) is 2.69. The molecule has 0 atom stereocenters. The quantitative estimate of drug-likeness (QED) is 0.667. The summed E-state index contributed by atoms with van der Waals surface area (Å²) in [6, 6.07) is 27.4. The van der Waals surface area contributed by atoms with Crippen molar-refractivity contribution in [2.45, 2.75) is 5.75 Å². The van der Waals surface area contributed by atoms with E-state index < -0.39 is 0 Å². The molecule has 3 aromatic carbocycles. The molecule has 0 bridgehead atoms. The molecule has 0 heterocycles. The molecule has 0 aliphatic rings. The van der Waals surface area contributed by atoms with Gasteiger partial charge in [0.05, 0.1) is 17.4 Å². The Morgan fingerprint density at radius 1 is 0.962 bits per heavy atom. The highest BCUT2D eigenvalue weighted by Gasteiger charge is 2.08. The second kappa shape index (κ2) is 8.89. The number of para-hydroxylation sites is 1. The summed E-state index contributed by atoms with van der Waals surface area (Å²) in [7, 11) is 0. The number of nitriles is 1. The summed E-state index contributed by atoms with van der Waals surface area (Å²) in [5.74, 6) is 1.03. The molecule has 0 radical (unpaired) electrons. The summed E-state index contributed by atoms with van der Waals surface area (Å²) in [5.41, 5.74) is 4.59. The molecular weight excluding hydrogens is 340 g/mol. The van der Waals surface area contributed by atoms with Gasteiger partial charge >= 0.3 is 0 Å². The van der Waals surface area contributed by atoms with E-state index in [0.29, 0.717) is 17.1 Å². The molecule has 1 N–H and O–H groups in total. The van der Waals surface area contributed by atoms with Crippen molar-refractivity contribution in [3.05, 3.63) is 90.0 Å². The number of rotatable bonds is 6. The Kier molecular flexibility index (Phi) is 6.08. The monoisotopic (exact) mass is 358 g/mol. The van der Waals surface area contributed by atoms with Crippen LogP contribution in [0, 0.1) is 11.3 Å². The van der Waals surface area contributed by atoms with Crippen LogP contribution < -0.4 is 5.32 Å². The predicted molar refractivity (Wildman–Crippen MR) is 108 cm³/mol. The summed E-state index contributed by atoms with van der Waals surface area (Å²) in [6.45, 7) is 0. The third-order valence-electron chi connectivity index (χ3n) is 3.84. The van der Waals surface area contributed by atoms with Gasteiger partial charge in [-0.3, -0.25) is 4.79 Å². The number of hydrogen-bond donors (Lipinski definition) is 1. The van der Waals surface area contributed by atoms with Gasteiger partial charge in [-0.2, -0.15) is 5.26 Å². The van der Waals surface area contributed by atoms with Crippen LogP contribution in [0.5, 0.6) is 0 Å². The Morgan fingerprint density at radius 2 is 1.73 bits per heavy atom. The topological polar surface area (TPSA) is 52.9 Å². The normalized spacial score (nSPS) is 10.1. The second-order valence-corrected chi connectivity index (χ2v) is 6.75. The van der Waals surface area contributed by atoms with Crippen LogP contribution in [-0.2, 0) is 10.5 Å². The minimum Gasteiger partial charge on any atom is -0.325 e. The molecule has 128 valence electrons. The van der Waals surface area contributed by atoms with E-state index in [1.807, 2.05) is 72.8 Å². The van der Waals surface area contributed by atoms with Crippen LogP contribution in [0.3, 0.4) is 0 Å². The second-order valence-electron chi connectivity index (χ2n) is 5.76. The highest BCUT2D eigenvalue weighted by atomic mass is 32.2. The molecule has 0 aliphatic carbocycles. The fraction of sp³-hybridized carbons (Fsp3) is 0.0909. The first-order valence-electron chi connectivity index (χ1n) is 8.27. The van der Waals surface area contributed by atoms with E-state index in [9.17, 15) is 4.79 Å². The van der Waals surface area contributed by atoms with Gasteiger partial charge in [0.25, 0.3) is 0 Å². The van der Waals surface area contributed by atoms with E-state index in [1.165, 1.54) is 11.8 Å². The van der Waals surface area contributed by atoms with E-state index in [1.54, 1.807) is 6.07 Å². The van der Waals surface area contributed by atoms with Crippen molar-refractivity contribution in [2.24, 2.45) is 0 Å². The van der Waals surface area contributed by atoms with Gasteiger partial charge in [0, 0.05) is 17.0 Å². The van der Waals surface area contributed by atoms with Gasteiger partial charge in [-0.15, -0.1) is 11.8 Å². The molecule has 3 nitrogen and oxygen atoms in total. The molecule has 0 aliphatic heterocycles. The summed E-state index contributed by atoms with van der Waals surface area (Å²) in [5, 5.41) is 11.9. The number of thioether (sulfide) groups is 1. The van der Waals surface area contributed by atoms with Crippen molar-refractivity contribution in [3.8, 4) is 17.2 Å². The Labute approximate surface area is 157 Å². The fourth-order valence-electron chi connectivity index (χ4n) is 2.64. The van der Waals surface area contributed by atoms with Gasteiger partial charge < -0.3 is 5.32 Å². The number of carbonyl (C=O) groups is 1. The third-order valence-corrected chi connectivity index (χ3v) is 4.85. The van der Waals surface area contributed by atoms with E-state index in [-0.39, 0.29) is 5.91 Å². The van der Waals surface area contributed by atoms with E-state index in [0.717, 1.165) is 22.4 Å².